The van der Waals surface area contributed by atoms with E-state index in [1.54, 1.807) is 180 Å². The fraction of sp³-hybridized carbons (Fsp3) is 0.127. The van der Waals surface area contributed by atoms with Crippen molar-refractivity contribution in [3.8, 4) is 23.0 Å². The Hall–Kier alpha value is -11.0. The number of hydrogen-bond acceptors (Lipinski definition) is 26. The standard InChI is InChI=1S/C18H17N5O3.C17H16N6O3.C10H10N4O.C6H6BrNO.C4H5N3/c1-25-15-4-3-7-21-17(15)23(16-11-19-8-9-20-16)12-14-6-5-13(10-22-14)18(24)26-2;1-26-14-3-2-6-20-16(14)23(15-10-18-7-8-19-15)11-13-5-4-12(9-21-13)17(24)22-25;1-15-8-3-2-4-13-10(8)14-9-7-11-5-6-12-9;1-9-5-3-2-4-8-6(5)7;5-4-3-6-1-2-7-4/h3-11H,12H2,1-2H3;2-10,25H,11H2,1H3,(H,22,24);2-7H,1H3,(H,12,13,14);2-4H,1H3;1-3H,(H2,5,7). The van der Waals surface area contributed by atoms with Crippen LogP contribution in [-0.2, 0) is 17.8 Å². The molecule has 0 aromatic carbocycles. The molecule has 0 saturated heterocycles. The summed E-state index contributed by atoms with van der Waals surface area (Å²) < 4.78 is 26.3. The normalized spacial score (nSPS) is 9.87. The lowest BCUT2D eigenvalue weighted by Crippen LogP contribution is -2.21. The molecule has 0 aliphatic rings. The average Bonchev–Trinajstić information content (AvgIpc) is 3.70. The summed E-state index contributed by atoms with van der Waals surface area (Å²) >= 11 is 3.22. The molecule has 10 heterocycles. The molecule has 0 aliphatic heterocycles. The Labute approximate surface area is 484 Å². The molecule has 0 aliphatic carbocycles. The van der Waals surface area contributed by atoms with Crippen molar-refractivity contribution in [1.82, 2.24) is 75.3 Å². The van der Waals surface area contributed by atoms with Crippen LogP contribution in [0, 0.1) is 0 Å². The largest absolute Gasteiger partial charge is 0.494 e. The summed E-state index contributed by atoms with van der Waals surface area (Å²) in [4.78, 5) is 84.4. The Morgan fingerprint density at radius 1 is 0.494 bits per heavy atom. The highest BCUT2D eigenvalue weighted by Gasteiger charge is 2.20. The van der Waals surface area contributed by atoms with Crippen molar-refractivity contribution in [3.63, 3.8) is 0 Å². The zero-order valence-electron chi connectivity index (χ0n) is 45.2. The van der Waals surface area contributed by atoms with Crippen molar-refractivity contribution in [2.45, 2.75) is 13.1 Å². The molecule has 0 radical (unpaired) electrons. The predicted octanol–water partition coefficient (Wildman–Crippen LogP) is 7.67. The molecule has 1 amide bonds. The monoisotopic (exact) mass is 1190 g/mol. The number of carbonyl (C=O) groups is 2. The van der Waals surface area contributed by atoms with Gasteiger partial charge in [0.25, 0.3) is 5.91 Å². The molecule has 28 heteroatoms. The minimum Gasteiger partial charge on any atom is -0.494 e. The third-order valence-corrected chi connectivity index (χ3v) is 11.1. The molecule has 0 spiro atoms. The number of carbonyl (C=O) groups excluding carboxylic acids is 2. The molecule has 0 unspecified atom stereocenters. The Kier molecular flexibility index (Phi) is 24.7. The topological polar surface area (TPSA) is 338 Å². The first-order valence-corrected chi connectivity index (χ1v) is 25.0. The summed E-state index contributed by atoms with van der Waals surface area (Å²) in [6.45, 7) is 0.695. The highest BCUT2D eigenvalue weighted by atomic mass is 79.9. The van der Waals surface area contributed by atoms with Crippen LogP contribution in [0.2, 0.25) is 0 Å². The molecule has 10 aromatic heterocycles. The zero-order chi connectivity index (χ0) is 59.0. The summed E-state index contributed by atoms with van der Waals surface area (Å²) in [6, 6.07) is 21.2. The van der Waals surface area contributed by atoms with E-state index >= 15 is 0 Å². The number of pyridine rings is 6. The smallest absolute Gasteiger partial charge is 0.339 e. The second kappa shape index (κ2) is 33.4. The maximum atomic E-state index is 11.6. The molecule has 0 fully saturated rings. The first-order chi connectivity index (χ1) is 40.6. The van der Waals surface area contributed by atoms with Crippen molar-refractivity contribution in [2.24, 2.45) is 0 Å². The third kappa shape index (κ3) is 19.1. The van der Waals surface area contributed by atoms with Crippen LogP contribution >= 0.6 is 15.9 Å². The lowest BCUT2D eigenvalue weighted by Gasteiger charge is -2.23. The van der Waals surface area contributed by atoms with Crippen molar-refractivity contribution in [3.05, 3.63) is 211 Å². The number of amides is 1. The van der Waals surface area contributed by atoms with Crippen LogP contribution < -0.4 is 45.3 Å². The molecule has 0 atom stereocenters. The summed E-state index contributed by atoms with van der Waals surface area (Å²) in [7, 11) is 7.69. The van der Waals surface area contributed by atoms with Crippen LogP contribution in [0.4, 0.5) is 40.7 Å². The Morgan fingerprint density at radius 3 is 1.36 bits per heavy atom. The Morgan fingerprint density at radius 2 is 0.964 bits per heavy atom. The number of methoxy groups -OCH3 is 5. The zero-order valence-corrected chi connectivity index (χ0v) is 46.7. The van der Waals surface area contributed by atoms with Crippen LogP contribution in [0.1, 0.15) is 32.1 Å². The molecule has 5 N–H and O–H groups in total. The molecule has 10 aromatic rings. The van der Waals surface area contributed by atoms with Gasteiger partial charge in [-0.2, -0.15) is 0 Å². The summed E-state index contributed by atoms with van der Waals surface area (Å²) in [5, 5.41) is 11.7. The highest BCUT2D eigenvalue weighted by Crippen LogP contribution is 2.33. The van der Waals surface area contributed by atoms with Gasteiger partial charge in [-0.1, -0.05) is 0 Å². The van der Waals surface area contributed by atoms with E-state index in [2.05, 4.69) is 91.0 Å². The van der Waals surface area contributed by atoms with Crippen molar-refractivity contribution in [2.75, 3.05) is 56.4 Å². The number of halogens is 1. The van der Waals surface area contributed by atoms with Crippen LogP contribution in [-0.4, -0.2) is 122 Å². The lowest BCUT2D eigenvalue weighted by molar-refractivity contribution is 0.0599. The lowest BCUT2D eigenvalue weighted by atomic mass is 10.2. The highest BCUT2D eigenvalue weighted by molar-refractivity contribution is 9.10. The van der Waals surface area contributed by atoms with Gasteiger partial charge >= 0.3 is 5.97 Å². The second-order valence-corrected chi connectivity index (χ2v) is 16.5. The SMILES string of the molecule is COC(=O)c1ccc(CN(c2cnccn2)c2ncccc2OC)nc1.COc1cccnc1Br.COc1cccnc1N(Cc1ccc(C(=O)NO)cn1)c1cnccn1.COc1cccnc1Nc1cnccn1.Nc1cnccn1. The van der Waals surface area contributed by atoms with Gasteiger partial charge in [0.05, 0.1) is 95.9 Å². The van der Waals surface area contributed by atoms with Gasteiger partial charge in [0.15, 0.2) is 52.1 Å². The molecule has 0 bridgehead atoms. The van der Waals surface area contributed by atoms with E-state index in [-0.39, 0.29) is 5.56 Å². The maximum Gasteiger partial charge on any atom is 0.339 e. The molecule has 10 rings (SSSR count). The van der Waals surface area contributed by atoms with E-state index in [0.29, 0.717) is 82.3 Å². The molecule has 0 saturated carbocycles. The van der Waals surface area contributed by atoms with E-state index in [9.17, 15) is 9.59 Å². The van der Waals surface area contributed by atoms with Crippen molar-refractivity contribution in [1.29, 1.82) is 0 Å². The van der Waals surface area contributed by atoms with Crippen LogP contribution in [0.15, 0.2) is 189 Å². The summed E-state index contributed by atoms with van der Waals surface area (Å²) in [6.07, 6.45) is 28.7. The fourth-order valence-electron chi connectivity index (χ4n) is 6.64. The fourth-order valence-corrected chi connectivity index (χ4v) is 7.06. The van der Waals surface area contributed by atoms with E-state index in [0.717, 1.165) is 16.0 Å². The Balaban J connectivity index is 0.000000180. The molecule has 27 nitrogen and oxygen atoms in total. The average molecular weight is 1190 g/mol. The number of anilines is 7. The number of nitrogens with two attached hydrogens (primary N) is 1. The minimum atomic E-state index is -0.624. The van der Waals surface area contributed by atoms with Gasteiger partial charge in [-0.15, -0.1) is 0 Å². The van der Waals surface area contributed by atoms with Crippen molar-refractivity contribution >= 4 is 68.5 Å². The van der Waals surface area contributed by atoms with Crippen molar-refractivity contribution < 1.29 is 38.5 Å². The van der Waals surface area contributed by atoms with Crippen LogP contribution in [0.5, 0.6) is 23.0 Å². The van der Waals surface area contributed by atoms with Gasteiger partial charge in [-0.3, -0.25) is 39.9 Å². The molecular formula is C55H54BrN19O8. The maximum absolute atomic E-state index is 11.6. The first kappa shape index (κ1) is 61.2. The first-order valence-electron chi connectivity index (χ1n) is 24.2. The second-order valence-electron chi connectivity index (χ2n) is 15.8. The van der Waals surface area contributed by atoms with E-state index in [1.807, 2.05) is 29.2 Å². The molecular weight excluding hydrogens is 1130 g/mol. The van der Waals surface area contributed by atoms with Gasteiger partial charge in [0, 0.05) is 86.8 Å². The number of hydrogen-bond donors (Lipinski definition) is 4. The van der Waals surface area contributed by atoms with E-state index in [4.69, 9.17) is 34.6 Å². The summed E-state index contributed by atoms with van der Waals surface area (Å²) in [5.74, 6) is 5.61. The van der Waals surface area contributed by atoms with E-state index in [1.165, 1.54) is 25.7 Å². The number of rotatable bonds is 16. The van der Waals surface area contributed by atoms with Gasteiger partial charge in [-0.05, 0) is 88.7 Å². The minimum absolute atomic E-state index is 0.248. The van der Waals surface area contributed by atoms with Gasteiger partial charge < -0.3 is 44.5 Å². The molecule has 83 heavy (non-hydrogen) atoms. The number of nitrogens with zero attached hydrogens (tertiary/aromatic N) is 16. The number of ether oxygens (including phenoxy) is 5. The van der Waals surface area contributed by atoms with Gasteiger partial charge in [0.2, 0.25) is 0 Å². The molecule has 424 valence electrons. The van der Waals surface area contributed by atoms with Crippen LogP contribution in [0.25, 0.3) is 0 Å². The van der Waals surface area contributed by atoms with Gasteiger partial charge in [0.1, 0.15) is 16.2 Å². The van der Waals surface area contributed by atoms with Gasteiger partial charge in [-0.25, -0.2) is 50.1 Å². The van der Waals surface area contributed by atoms with E-state index < -0.39 is 11.9 Å². The third-order valence-electron chi connectivity index (χ3n) is 10.5. The number of hydroxylamine groups is 1. The number of nitrogens with one attached hydrogen (secondary N) is 2. The summed E-state index contributed by atoms with van der Waals surface area (Å²) in [5.41, 5.74) is 8.78. The van der Waals surface area contributed by atoms with Crippen LogP contribution in [0.3, 0.4) is 0 Å². The number of nitrogen functional groups attached to an aromatic ring is 1. The quantitative estimate of drug-likeness (QED) is 0.0312. The predicted molar refractivity (Wildman–Crippen MR) is 307 cm³/mol. The number of esters is 1. The Bertz CT molecular complexity index is 3360. The number of aromatic nitrogens is 14.